The van der Waals surface area contributed by atoms with Gasteiger partial charge in [0.05, 0.1) is 17.6 Å². The summed E-state index contributed by atoms with van der Waals surface area (Å²) >= 11 is 0. The Morgan fingerprint density at radius 1 is 1.07 bits per heavy atom. The molecule has 0 saturated carbocycles. The fourth-order valence-corrected chi connectivity index (χ4v) is 3.78. The minimum absolute atomic E-state index is 0.134. The highest BCUT2D eigenvalue weighted by molar-refractivity contribution is 5.76. The van der Waals surface area contributed by atoms with E-state index in [9.17, 15) is 4.79 Å². The summed E-state index contributed by atoms with van der Waals surface area (Å²) in [6, 6.07) is 14.5. The van der Waals surface area contributed by atoms with Gasteiger partial charge in [-0.3, -0.25) is 4.79 Å². The number of aryl methyl sites for hydroxylation is 4. The predicted octanol–water partition coefficient (Wildman–Crippen LogP) is 4.97. The monoisotopic (exact) mass is 407 g/mol. The van der Waals surface area contributed by atoms with Gasteiger partial charge in [-0.25, -0.2) is 4.98 Å². The van der Waals surface area contributed by atoms with E-state index in [1.54, 1.807) is 0 Å². The molecular weight excluding hydrogens is 374 g/mol. The number of fused-ring (bicyclic) bond motifs is 1. The largest absolute Gasteiger partial charge is 0.493 e. The number of hydrogen-bond donors (Lipinski definition) is 1. The second-order valence-electron chi connectivity index (χ2n) is 7.79. The van der Waals surface area contributed by atoms with Crippen molar-refractivity contribution in [1.29, 1.82) is 0 Å². The van der Waals surface area contributed by atoms with Crippen molar-refractivity contribution in [1.82, 2.24) is 14.9 Å². The van der Waals surface area contributed by atoms with Gasteiger partial charge in [0.2, 0.25) is 5.91 Å². The second-order valence-corrected chi connectivity index (χ2v) is 7.79. The third kappa shape index (κ3) is 5.62. The molecular formula is C25H33N3O2. The lowest BCUT2D eigenvalue weighted by atomic mass is 10.1. The van der Waals surface area contributed by atoms with E-state index < -0.39 is 0 Å². The summed E-state index contributed by atoms with van der Waals surface area (Å²) in [6.45, 7) is 8.42. The summed E-state index contributed by atoms with van der Waals surface area (Å²) in [5.41, 5.74) is 4.54. The Morgan fingerprint density at radius 2 is 1.83 bits per heavy atom. The Labute approximate surface area is 179 Å². The highest BCUT2D eigenvalue weighted by atomic mass is 16.5. The van der Waals surface area contributed by atoms with E-state index in [2.05, 4.69) is 60.1 Å². The number of hydrogen-bond acceptors (Lipinski definition) is 3. The fourth-order valence-electron chi connectivity index (χ4n) is 3.78. The van der Waals surface area contributed by atoms with Crippen LogP contribution in [0.2, 0.25) is 0 Å². The molecule has 0 saturated heterocycles. The molecule has 1 amide bonds. The van der Waals surface area contributed by atoms with E-state index in [0.717, 1.165) is 54.8 Å². The van der Waals surface area contributed by atoms with E-state index in [1.807, 2.05) is 13.0 Å². The number of rotatable bonds is 11. The van der Waals surface area contributed by atoms with Gasteiger partial charge in [-0.05, 0) is 56.4 Å². The predicted molar refractivity (Wildman–Crippen MR) is 122 cm³/mol. The Morgan fingerprint density at radius 3 is 2.60 bits per heavy atom. The molecule has 0 fully saturated rings. The average Bonchev–Trinajstić information content (AvgIpc) is 3.08. The van der Waals surface area contributed by atoms with Crippen molar-refractivity contribution in [3.63, 3.8) is 0 Å². The van der Waals surface area contributed by atoms with Crippen LogP contribution in [0.3, 0.4) is 0 Å². The standard InChI is InChI=1S/C25H33N3O2/c1-4-10-24(29)26-16-8-15-23-27-21-13-5-6-14-22(21)28(23)17-9-18-30-25-19(2)11-7-12-20(25)3/h5-7,11-14H,4,8-10,15-18H2,1-3H3,(H,26,29). The average molecular weight is 408 g/mol. The number of carbonyl (C=O) groups excluding carboxylic acids is 1. The third-order valence-corrected chi connectivity index (χ3v) is 5.29. The third-order valence-electron chi connectivity index (χ3n) is 5.29. The first-order valence-corrected chi connectivity index (χ1v) is 11.0. The molecule has 5 nitrogen and oxygen atoms in total. The molecule has 1 N–H and O–H groups in total. The van der Waals surface area contributed by atoms with Crippen LogP contribution in [0.4, 0.5) is 0 Å². The fraction of sp³-hybridized carbons (Fsp3) is 0.440. The Balaban J connectivity index is 1.59. The molecule has 1 heterocycles. The molecule has 0 aliphatic rings. The van der Waals surface area contributed by atoms with Crippen LogP contribution >= 0.6 is 0 Å². The summed E-state index contributed by atoms with van der Waals surface area (Å²) in [5.74, 6) is 2.21. The number of benzene rings is 2. The van der Waals surface area contributed by atoms with Gasteiger partial charge in [0.15, 0.2) is 0 Å². The topological polar surface area (TPSA) is 56.2 Å². The number of aromatic nitrogens is 2. The summed E-state index contributed by atoms with van der Waals surface area (Å²) in [4.78, 5) is 16.5. The molecule has 30 heavy (non-hydrogen) atoms. The highest BCUT2D eigenvalue weighted by Crippen LogP contribution is 2.23. The van der Waals surface area contributed by atoms with Crippen LogP contribution in [-0.4, -0.2) is 28.6 Å². The second kappa shape index (κ2) is 10.8. The van der Waals surface area contributed by atoms with Gasteiger partial charge in [0.25, 0.3) is 0 Å². The van der Waals surface area contributed by atoms with Crippen molar-refractivity contribution >= 4 is 16.9 Å². The molecule has 3 rings (SSSR count). The number of nitrogens with zero attached hydrogens (tertiary/aromatic N) is 2. The number of para-hydroxylation sites is 3. The van der Waals surface area contributed by atoms with Gasteiger partial charge in [-0.2, -0.15) is 0 Å². The summed E-state index contributed by atoms with van der Waals surface area (Å²) in [5, 5.41) is 2.99. The van der Waals surface area contributed by atoms with Crippen LogP contribution in [0.5, 0.6) is 5.75 Å². The van der Waals surface area contributed by atoms with E-state index in [1.165, 1.54) is 11.1 Å². The summed E-state index contributed by atoms with van der Waals surface area (Å²) < 4.78 is 8.39. The first-order valence-electron chi connectivity index (χ1n) is 11.0. The molecule has 0 atom stereocenters. The van der Waals surface area contributed by atoms with E-state index >= 15 is 0 Å². The Bertz CT molecular complexity index is 957. The Kier molecular flexibility index (Phi) is 7.89. The van der Waals surface area contributed by atoms with Crippen LogP contribution in [0.25, 0.3) is 11.0 Å². The number of amides is 1. The zero-order valence-corrected chi connectivity index (χ0v) is 18.4. The van der Waals surface area contributed by atoms with Crippen molar-refractivity contribution in [2.24, 2.45) is 0 Å². The highest BCUT2D eigenvalue weighted by Gasteiger charge is 2.11. The van der Waals surface area contributed by atoms with Crippen molar-refractivity contribution < 1.29 is 9.53 Å². The van der Waals surface area contributed by atoms with Crippen LogP contribution in [-0.2, 0) is 17.8 Å². The molecule has 0 unspecified atom stereocenters. The minimum atomic E-state index is 0.134. The zero-order valence-electron chi connectivity index (χ0n) is 18.4. The summed E-state index contributed by atoms with van der Waals surface area (Å²) in [7, 11) is 0. The maximum Gasteiger partial charge on any atom is 0.219 e. The van der Waals surface area contributed by atoms with Gasteiger partial charge < -0.3 is 14.6 Å². The smallest absolute Gasteiger partial charge is 0.219 e. The number of carbonyl (C=O) groups is 1. The van der Waals surface area contributed by atoms with Gasteiger partial charge in [0, 0.05) is 25.9 Å². The summed E-state index contributed by atoms with van der Waals surface area (Å²) in [6.07, 6.45) is 4.12. The lowest BCUT2D eigenvalue weighted by molar-refractivity contribution is -0.121. The molecule has 0 bridgehead atoms. The normalized spacial score (nSPS) is 11.0. The molecule has 0 aliphatic carbocycles. The van der Waals surface area contributed by atoms with Crippen LogP contribution in [0.1, 0.15) is 49.6 Å². The molecule has 0 radical (unpaired) electrons. The molecule has 1 aromatic heterocycles. The molecule has 0 aliphatic heterocycles. The lowest BCUT2D eigenvalue weighted by Gasteiger charge is -2.13. The molecule has 160 valence electrons. The lowest BCUT2D eigenvalue weighted by Crippen LogP contribution is -2.24. The molecule has 5 heteroatoms. The number of imidazole rings is 1. The maximum atomic E-state index is 11.7. The van der Waals surface area contributed by atoms with E-state index in [4.69, 9.17) is 9.72 Å². The Hall–Kier alpha value is -2.82. The van der Waals surface area contributed by atoms with Crippen LogP contribution in [0.15, 0.2) is 42.5 Å². The van der Waals surface area contributed by atoms with Gasteiger partial charge in [-0.15, -0.1) is 0 Å². The van der Waals surface area contributed by atoms with Gasteiger partial charge >= 0.3 is 0 Å². The first-order chi connectivity index (χ1) is 14.6. The van der Waals surface area contributed by atoms with Crippen molar-refractivity contribution in [3.05, 3.63) is 59.4 Å². The molecule has 3 aromatic rings. The van der Waals surface area contributed by atoms with E-state index in [0.29, 0.717) is 19.6 Å². The van der Waals surface area contributed by atoms with Crippen LogP contribution < -0.4 is 10.1 Å². The first kappa shape index (κ1) is 21.9. The molecule has 2 aromatic carbocycles. The van der Waals surface area contributed by atoms with E-state index in [-0.39, 0.29) is 5.91 Å². The zero-order chi connectivity index (χ0) is 21.3. The minimum Gasteiger partial charge on any atom is -0.493 e. The van der Waals surface area contributed by atoms with Crippen molar-refractivity contribution in [2.75, 3.05) is 13.2 Å². The van der Waals surface area contributed by atoms with Crippen LogP contribution in [0, 0.1) is 13.8 Å². The SMILES string of the molecule is CCCC(=O)NCCCc1nc2ccccc2n1CCCOc1c(C)cccc1C. The van der Waals surface area contributed by atoms with Gasteiger partial charge in [-0.1, -0.05) is 37.3 Å². The van der Waals surface area contributed by atoms with Crippen molar-refractivity contribution in [2.45, 2.75) is 59.4 Å². The van der Waals surface area contributed by atoms with Crippen molar-refractivity contribution in [3.8, 4) is 5.75 Å². The maximum absolute atomic E-state index is 11.7. The quantitative estimate of drug-likeness (QED) is 0.457. The van der Waals surface area contributed by atoms with Gasteiger partial charge in [0.1, 0.15) is 11.6 Å². The molecule has 0 spiro atoms. The number of nitrogens with one attached hydrogen (secondary N) is 1. The number of ether oxygens (including phenoxy) is 1.